The maximum atomic E-state index is 11.1. The predicted octanol–water partition coefficient (Wildman–Crippen LogP) is 2.66. The van der Waals surface area contributed by atoms with E-state index in [1.807, 2.05) is 0 Å². The fourth-order valence-electron chi connectivity index (χ4n) is 2.69. The van der Waals surface area contributed by atoms with Gasteiger partial charge >= 0.3 is 0 Å². The first-order chi connectivity index (χ1) is 10.3. The monoisotopic (exact) mass is 287 g/mol. The third-order valence-corrected chi connectivity index (χ3v) is 3.80. The smallest absolute Gasteiger partial charge is 0.279 e. The summed E-state index contributed by atoms with van der Waals surface area (Å²) in [6.45, 7) is 1.61. The minimum atomic E-state index is -0.392. The van der Waals surface area contributed by atoms with Crippen molar-refractivity contribution in [2.75, 3.05) is 13.2 Å². The highest BCUT2D eigenvalue weighted by molar-refractivity contribution is 5.94. The summed E-state index contributed by atoms with van der Waals surface area (Å²) >= 11 is 0. The van der Waals surface area contributed by atoms with Crippen LogP contribution in [0.15, 0.2) is 30.6 Å². The fraction of sp³-hybridized carbons (Fsp3) is 0.400. The number of non-ortho nitro benzene ring substituents is 1. The van der Waals surface area contributed by atoms with Crippen LogP contribution in [-0.4, -0.2) is 29.1 Å². The average Bonchev–Trinajstić information content (AvgIpc) is 2.53. The first-order valence-electron chi connectivity index (χ1n) is 7.13. The van der Waals surface area contributed by atoms with E-state index in [2.05, 4.69) is 10.3 Å². The van der Waals surface area contributed by atoms with Crippen molar-refractivity contribution in [2.45, 2.75) is 25.3 Å². The number of aromatic nitrogens is 1. The van der Waals surface area contributed by atoms with Gasteiger partial charge in [-0.15, -0.1) is 0 Å². The second-order valence-corrected chi connectivity index (χ2v) is 5.22. The highest BCUT2D eigenvalue weighted by Gasteiger charge is 2.17. The van der Waals surface area contributed by atoms with Crippen molar-refractivity contribution < 1.29 is 9.66 Å². The maximum Gasteiger partial charge on any atom is 0.279 e. The maximum absolute atomic E-state index is 11.1. The fourth-order valence-corrected chi connectivity index (χ4v) is 2.69. The van der Waals surface area contributed by atoms with Crippen molar-refractivity contribution in [3.05, 3.63) is 40.7 Å². The summed E-state index contributed by atoms with van der Waals surface area (Å²) < 4.78 is 5.88. The van der Waals surface area contributed by atoms with Gasteiger partial charge in [0.05, 0.1) is 10.3 Å². The summed E-state index contributed by atoms with van der Waals surface area (Å²) in [4.78, 5) is 14.6. The summed E-state index contributed by atoms with van der Waals surface area (Å²) in [5, 5.41) is 15.7. The van der Waals surface area contributed by atoms with Crippen molar-refractivity contribution in [1.82, 2.24) is 10.3 Å². The van der Waals surface area contributed by atoms with Gasteiger partial charge in [-0.3, -0.25) is 15.1 Å². The number of hydrogen-bond donors (Lipinski definition) is 1. The van der Waals surface area contributed by atoms with E-state index in [0.29, 0.717) is 23.8 Å². The lowest BCUT2D eigenvalue weighted by molar-refractivity contribution is -0.383. The highest BCUT2D eigenvalue weighted by atomic mass is 16.6. The molecule has 0 bridgehead atoms. The van der Waals surface area contributed by atoms with Gasteiger partial charge < -0.3 is 10.1 Å². The molecule has 1 aromatic heterocycles. The van der Waals surface area contributed by atoms with Crippen LogP contribution in [0.2, 0.25) is 0 Å². The van der Waals surface area contributed by atoms with Crippen molar-refractivity contribution in [1.29, 1.82) is 0 Å². The molecule has 0 spiro atoms. The first-order valence-corrected chi connectivity index (χ1v) is 7.13. The van der Waals surface area contributed by atoms with Crippen LogP contribution in [0.25, 0.3) is 10.8 Å². The molecule has 1 aromatic carbocycles. The Bertz CT molecular complexity index is 654. The second kappa shape index (κ2) is 6.05. The lowest BCUT2D eigenvalue weighted by atomic mass is 10.1. The molecule has 2 heterocycles. The van der Waals surface area contributed by atoms with Gasteiger partial charge in [0.15, 0.2) is 0 Å². The SMILES string of the molecule is O=[N+]([O-])c1ccc(OCC2CCCCN2)c2ccncc12. The zero-order chi connectivity index (χ0) is 14.7. The van der Waals surface area contributed by atoms with Crippen LogP contribution >= 0.6 is 0 Å². The lowest BCUT2D eigenvalue weighted by Crippen LogP contribution is -2.38. The quantitative estimate of drug-likeness (QED) is 0.691. The van der Waals surface area contributed by atoms with E-state index < -0.39 is 4.92 Å². The third-order valence-electron chi connectivity index (χ3n) is 3.80. The molecule has 3 rings (SSSR count). The molecule has 0 saturated carbocycles. The van der Waals surface area contributed by atoms with Crippen LogP contribution in [0.3, 0.4) is 0 Å². The standard InChI is InChI=1S/C15H17N3O3/c19-18(20)14-4-5-15(12-6-8-16-9-13(12)14)21-10-11-3-1-2-7-17-11/h4-6,8-9,11,17H,1-3,7,10H2. The van der Waals surface area contributed by atoms with Gasteiger partial charge in [0.2, 0.25) is 0 Å². The Hall–Kier alpha value is -2.21. The van der Waals surface area contributed by atoms with Crippen LogP contribution in [0.4, 0.5) is 5.69 Å². The van der Waals surface area contributed by atoms with E-state index in [-0.39, 0.29) is 5.69 Å². The molecule has 6 nitrogen and oxygen atoms in total. The van der Waals surface area contributed by atoms with Crippen molar-refractivity contribution in [3.63, 3.8) is 0 Å². The first kappa shape index (κ1) is 13.8. The number of nitro groups is 1. The molecule has 1 atom stereocenters. The number of benzene rings is 1. The van der Waals surface area contributed by atoms with Crippen molar-refractivity contribution >= 4 is 16.5 Å². The summed E-state index contributed by atoms with van der Waals surface area (Å²) in [7, 11) is 0. The van der Waals surface area contributed by atoms with Gasteiger partial charge in [0.25, 0.3) is 5.69 Å². The Morgan fingerprint density at radius 1 is 1.33 bits per heavy atom. The lowest BCUT2D eigenvalue weighted by Gasteiger charge is -2.23. The minimum Gasteiger partial charge on any atom is -0.491 e. The molecular formula is C15H17N3O3. The van der Waals surface area contributed by atoms with E-state index in [0.717, 1.165) is 18.4 Å². The van der Waals surface area contributed by atoms with E-state index in [1.54, 1.807) is 18.3 Å². The van der Waals surface area contributed by atoms with Crippen molar-refractivity contribution in [3.8, 4) is 5.75 Å². The molecule has 1 aliphatic heterocycles. The second-order valence-electron chi connectivity index (χ2n) is 5.22. The molecule has 0 amide bonds. The number of nitrogens with one attached hydrogen (secondary N) is 1. The van der Waals surface area contributed by atoms with E-state index in [1.165, 1.54) is 25.1 Å². The zero-order valence-electron chi connectivity index (χ0n) is 11.6. The molecule has 1 N–H and O–H groups in total. The number of hydrogen-bond acceptors (Lipinski definition) is 5. The van der Waals surface area contributed by atoms with Gasteiger partial charge in [-0.2, -0.15) is 0 Å². The average molecular weight is 287 g/mol. The van der Waals surface area contributed by atoms with E-state index in [9.17, 15) is 10.1 Å². The van der Waals surface area contributed by atoms with Crippen molar-refractivity contribution in [2.24, 2.45) is 0 Å². The molecule has 1 unspecified atom stereocenters. The summed E-state index contributed by atoms with van der Waals surface area (Å²) in [5.74, 6) is 0.672. The Morgan fingerprint density at radius 2 is 2.24 bits per heavy atom. The van der Waals surface area contributed by atoms with Gasteiger partial charge in [-0.05, 0) is 31.5 Å². The molecule has 1 aliphatic rings. The van der Waals surface area contributed by atoms with Gasteiger partial charge in [0.1, 0.15) is 12.4 Å². The molecule has 1 saturated heterocycles. The number of fused-ring (bicyclic) bond motifs is 1. The Labute approximate surface area is 122 Å². The van der Waals surface area contributed by atoms with Gasteiger partial charge in [-0.25, -0.2) is 0 Å². The number of ether oxygens (including phenoxy) is 1. The van der Waals surface area contributed by atoms with E-state index >= 15 is 0 Å². The number of nitro benzene ring substituents is 1. The summed E-state index contributed by atoms with van der Waals surface area (Å²) in [6.07, 6.45) is 6.66. The van der Waals surface area contributed by atoms with Gasteiger partial charge in [0, 0.05) is 29.9 Å². The number of pyridine rings is 1. The molecule has 1 fully saturated rings. The Kier molecular flexibility index (Phi) is 3.96. The predicted molar refractivity (Wildman–Crippen MR) is 79.5 cm³/mol. The molecule has 21 heavy (non-hydrogen) atoms. The van der Waals surface area contributed by atoms with Crippen LogP contribution in [0, 0.1) is 10.1 Å². The number of rotatable bonds is 4. The molecule has 110 valence electrons. The minimum absolute atomic E-state index is 0.0567. The van der Waals surface area contributed by atoms with E-state index in [4.69, 9.17) is 4.74 Å². The molecular weight excluding hydrogens is 270 g/mol. The summed E-state index contributed by atoms with van der Waals surface area (Å²) in [6, 6.07) is 5.26. The number of piperidine rings is 1. The van der Waals surface area contributed by atoms with Crippen LogP contribution in [0.5, 0.6) is 5.75 Å². The zero-order valence-corrected chi connectivity index (χ0v) is 11.6. The topological polar surface area (TPSA) is 77.3 Å². The summed E-state index contributed by atoms with van der Waals surface area (Å²) in [5.41, 5.74) is 0.0567. The third kappa shape index (κ3) is 2.95. The Morgan fingerprint density at radius 3 is 3.00 bits per heavy atom. The van der Waals surface area contributed by atoms with Crippen LogP contribution in [0.1, 0.15) is 19.3 Å². The van der Waals surface area contributed by atoms with Gasteiger partial charge in [-0.1, -0.05) is 6.42 Å². The Balaban J connectivity index is 1.85. The molecule has 2 aromatic rings. The molecule has 6 heteroatoms. The van der Waals surface area contributed by atoms with Crippen LogP contribution < -0.4 is 10.1 Å². The molecule has 0 radical (unpaired) electrons. The largest absolute Gasteiger partial charge is 0.491 e. The highest BCUT2D eigenvalue weighted by Crippen LogP contribution is 2.32. The normalized spacial score (nSPS) is 18.6. The van der Waals surface area contributed by atoms with Crippen LogP contribution in [-0.2, 0) is 0 Å². The number of nitrogens with zero attached hydrogens (tertiary/aromatic N) is 2. The molecule has 0 aliphatic carbocycles.